The number of terminal acetylenes is 1. The Morgan fingerprint density at radius 3 is 2.70 bits per heavy atom. The van der Waals surface area contributed by atoms with E-state index in [0.29, 0.717) is 32.5 Å². The summed E-state index contributed by atoms with van der Waals surface area (Å²) in [6, 6.07) is 0. The van der Waals surface area contributed by atoms with Crippen molar-refractivity contribution in [1.29, 1.82) is 0 Å². The van der Waals surface area contributed by atoms with Crippen LogP contribution in [0.2, 0.25) is 0 Å². The van der Waals surface area contributed by atoms with Crippen LogP contribution in [-0.2, 0) is 18.4 Å². The summed E-state index contributed by atoms with van der Waals surface area (Å²) in [5.41, 5.74) is -0.346. The molecule has 8 heteroatoms. The van der Waals surface area contributed by atoms with Gasteiger partial charge in [0, 0.05) is 32.9 Å². The number of likely N-dealkylation sites (N-methyl/N-ethyl adjacent to an activating group) is 1. The predicted octanol–water partition coefficient (Wildman–Crippen LogP) is 0.637. The Balaban J connectivity index is 1.66. The summed E-state index contributed by atoms with van der Waals surface area (Å²) < 4.78 is 1.92. The maximum atomic E-state index is 12.0. The SMILES string of the molecule is C#CCCC1(CCNC(=O)CN(C)Cc2nnc(C)n2C)N=N1. The third-order valence-electron chi connectivity index (χ3n) is 3.91. The van der Waals surface area contributed by atoms with Crippen molar-refractivity contribution in [1.82, 2.24) is 25.0 Å². The first-order valence-corrected chi connectivity index (χ1v) is 7.63. The van der Waals surface area contributed by atoms with Crippen LogP contribution in [0.4, 0.5) is 0 Å². The number of aryl methyl sites for hydroxylation is 1. The van der Waals surface area contributed by atoms with E-state index in [1.165, 1.54) is 0 Å². The second-order valence-corrected chi connectivity index (χ2v) is 5.88. The number of aromatic nitrogens is 3. The second-order valence-electron chi connectivity index (χ2n) is 5.88. The van der Waals surface area contributed by atoms with Gasteiger partial charge in [-0.15, -0.1) is 22.5 Å². The van der Waals surface area contributed by atoms with Crippen LogP contribution < -0.4 is 5.32 Å². The number of amides is 1. The van der Waals surface area contributed by atoms with E-state index in [1.54, 1.807) is 0 Å². The molecule has 0 radical (unpaired) electrons. The van der Waals surface area contributed by atoms with Gasteiger partial charge in [0.1, 0.15) is 11.6 Å². The molecular formula is C15H23N7O. The van der Waals surface area contributed by atoms with Gasteiger partial charge in [-0.25, -0.2) is 0 Å². The molecule has 1 aliphatic rings. The molecular weight excluding hydrogens is 294 g/mol. The predicted molar refractivity (Wildman–Crippen MR) is 85.4 cm³/mol. The third-order valence-corrected chi connectivity index (χ3v) is 3.91. The Morgan fingerprint density at radius 2 is 2.13 bits per heavy atom. The molecule has 1 N–H and O–H groups in total. The molecule has 0 spiro atoms. The Bertz CT molecular complexity index is 622. The van der Waals surface area contributed by atoms with E-state index in [4.69, 9.17) is 6.42 Å². The van der Waals surface area contributed by atoms with Crippen LogP contribution in [0.5, 0.6) is 0 Å². The summed E-state index contributed by atoms with van der Waals surface area (Å²) in [7, 11) is 3.79. The molecule has 2 rings (SSSR count). The fourth-order valence-electron chi connectivity index (χ4n) is 2.26. The monoisotopic (exact) mass is 317 g/mol. The van der Waals surface area contributed by atoms with Crippen molar-refractivity contribution in [3.63, 3.8) is 0 Å². The summed E-state index contributed by atoms with van der Waals surface area (Å²) >= 11 is 0. The third kappa shape index (κ3) is 4.86. The number of hydrogen-bond acceptors (Lipinski definition) is 6. The number of carbonyl (C=O) groups is 1. The molecule has 0 saturated carbocycles. The zero-order valence-electron chi connectivity index (χ0n) is 13.9. The van der Waals surface area contributed by atoms with E-state index >= 15 is 0 Å². The molecule has 0 fully saturated rings. The second kappa shape index (κ2) is 7.33. The molecule has 0 atom stereocenters. The van der Waals surface area contributed by atoms with Gasteiger partial charge in [0.25, 0.3) is 0 Å². The first-order valence-electron chi connectivity index (χ1n) is 7.63. The normalized spacial score (nSPS) is 14.7. The lowest BCUT2D eigenvalue weighted by Crippen LogP contribution is -2.36. The minimum atomic E-state index is -0.346. The van der Waals surface area contributed by atoms with Crippen molar-refractivity contribution >= 4 is 5.91 Å². The lowest BCUT2D eigenvalue weighted by Gasteiger charge is -2.16. The Labute approximate surface area is 136 Å². The molecule has 23 heavy (non-hydrogen) atoms. The van der Waals surface area contributed by atoms with Crippen LogP contribution in [0.3, 0.4) is 0 Å². The lowest BCUT2D eigenvalue weighted by atomic mass is 10.0. The van der Waals surface area contributed by atoms with Crippen molar-refractivity contribution in [3.8, 4) is 12.3 Å². The first kappa shape index (κ1) is 17.1. The molecule has 0 aliphatic carbocycles. The van der Waals surface area contributed by atoms with E-state index in [-0.39, 0.29) is 11.6 Å². The highest BCUT2D eigenvalue weighted by molar-refractivity contribution is 5.77. The van der Waals surface area contributed by atoms with Crippen molar-refractivity contribution in [2.45, 2.75) is 38.4 Å². The Hall–Kier alpha value is -2.27. The maximum Gasteiger partial charge on any atom is 0.234 e. The van der Waals surface area contributed by atoms with Crippen molar-refractivity contribution < 1.29 is 4.79 Å². The Morgan fingerprint density at radius 1 is 1.39 bits per heavy atom. The van der Waals surface area contributed by atoms with Gasteiger partial charge in [0.2, 0.25) is 5.91 Å². The van der Waals surface area contributed by atoms with Crippen molar-refractivity contribution in [2.24, 2.45) is 17.3 Å². The van der Waals surface area contributed by atoms with Gasteiger partial charge in [-0.05, 0) is 14.0 Å². The van der Waals surface area contributed by atoms with Crippen LogP contribution in [0.15, 0.2) is 10.2 Å². The number of hydrogen-bond donors (Lipinski definition) is 1. The molecule has 0 bridgehead atoms. The highest BCUT2D eigenvalue weighted by Crippen LogP contribution is 2.35. The molecule has 8 nitrogen and oxygen atoms in total. The van der Waals surface area contributed by atoms with Crippen LogP contribution in [0, 0.1) is 19.3 Å². The van der Waals surface area contributed by atoms with E-state index in [9.17, 15) is 4.79 Å². The minimum absolute atomic E-state index is 0.0286. The van der Waals surface area contributed by atoms with Gasteiger partial charge in [-0.3, -0.25) is 9.69 Å². The average molecular weight is 317 g/mol. The van der Waals surface area contributed by atoms with Gasteiger partial charge < -0.3 is 9.88 Å². The highest BCUT2D eigenvalue weighted by Gasteiger charge is 2.38. The van der Waals surface area contributed by atoms with Crippen LogP contribution in [0.25, 0.3) is 0 Å². The average Bonchev–Trinajstić information content (AvgIpc) is 3.21. The summed E-state index contributed by atoms with van der Waals surface area (Å²) in [6.07, 6.45) is 7.36. The van der Waals surface area contributed by atoms with Gasteiger partial charge in [-0.2, -0.15) is 10.2 Å². The summed E-state index contributed by atoms with van der Waals surface area (Å²) in [4.78, 5) is 13.9. The summed E-state index contributed by atoms with van der Waals surface area (Å²) in [5.74, 6) is 4.25. The van der Waals surface area contributed by atoms with Gasteiger partial charge in [0.15, 0.2) is 5.66 Å². The molecule has 2 heterocycles. The zero-order chi connectivity index (χ0) is 16.9. The molecule has 0 saturated heterocycles. The fraction of sp³-hybridized carbons (Fsp3) is 0.667. The molecule has 0 unspecified atom stereocenters. The number of nitrogens with zero attached hydrogens (tertiary/aromatic N) is 6. The first-order chi connectivity index (χ1) is 11.0. The molecule has 124 valence electrons. The lowest BCUT2D eigenvalue weighted by molar-refractivity contribution is -0.122. The van der Waals surface area contributed by atoms with E-state index in [0.717, 1.165) is 18.1 Å². The van der Waals surface area contributed by atoms with Crippen LogP contribution in [0.1, 0.15) is 30.9 Å². The minimum Gasteiger partial charge on any atom is -0.355 e. The van der Waals surface area contributed by atoms with E-state index < -0.39 is 0 Å². The number of nitrogens with one attached hydrogen (secondary N) is 1. The highest BCUT2D eigenvalue weighted by atomic mass is 16.2. The van der Waals surface area contributed by atoms with Gasteiger partial charge in [-0.1, -0.05) is 0 Å². The number of rotatable bonds is 9. The summed E-state index contributed by atoms with van der Waals surface area (Å²) in [5, 5.41) is 19.1. The van der Waals surface area contributed by atoms with Crippen molar-refractivity contribution in [3.05, 3.63) is 11.6 Å². The molecule has 1 aromatic rings. The Kier molecular flexibility index (Phi) is 5.45. The van der Waals surface area contributed by atoms with Crippen molar-refractivity contribution in [2.75, 3.05) is 20.1 Å². The molecule has 1 aromatic heterocycles. The van der Waals surface area contributed by atoms with E-state index in [1.807, 2.05) is 30.5 Å². The molecule has 1 aliphatic heterocycles. The zero-order valence-corrected chi connectivity index (χ0v) is 13.9. The molecule has 0 aromatic carbocycles. The van der Waals surface area contributed by atoms with Crippen LogP contribution >= 0.6 is 0 Å². The maximum absolute atomic E-state index is 12.0. The van der Waals surface area contributed by atoms with Crippen LogP contribution in [-0.4, -0.2) is 51.4 Å². The van der Waals surface area contributed by atoms with Gasteiger partial charge >= 0.3 is 0 Å². The quantitative estimate of drug-likeness (QED) is 0.677. The van der Waals surface area contributed by atoms with E-state index in [2.05, 4.69) is 31.7 Å². The standard InChI is InChI=1S/C15H23N7O/c1-5-6-7-15(19-20-15)8-9-16-14(23)11-21(3)10-13-18-17-12(2)22(13)4/h1H,6-11H2,2-4H3,(H,16,23). The smallest absolute Gasteiger partial charge is 0.234 e. The molecule has 1 amide bonds. The topological polar surface area (TPSA) is 87.8 Å². The summed E-state index contributed by atoms with van der Waals surface area (Å²) in [6.45, 7) is 3.32. The largest absolute Gasteiger partial charge is 0.355 e. The van der Waals surface area contributed by atoms with Gasteiger partial charge in [0.05, 0.1) is 13.1 Å². The fourth-order valence-corrected chi connectivity index (χ4v) is 2.26. The number of carbonyl (C=O) groups excluding carboxylic acids is 1.